The quantitative estimate of drug-likeness (QED) is 0.701. The van der Waals surface area contributed by atoms with E-state index in [1.165, 1.54) is 7.11 Å². The van der Waals surface area contributed by atoms with E-state index in [2.05, 4.69) is 0 Å². The van der Waals surface area contributed by atoms with Crippen molar-refractivity contribution in [3.63, 3.8) is 0 Å². The third-order valence-electron chi connectivity index (χ3n) is 1.88. The Morgan fingerprint density at radius 2 is 2.14 bits per heavy atom. The van der Waals surface area contributed by atoms with Crippen molar-refractivity contribution in [1.29, 1.82) is 0 Å². The number of benzene rings is 1. The Morgan fingerprint density at radius 1 is 1.50 bits per heavy atom. The summed E-state index contributed by atoms with van der Waals surface area (Å²) in [6, 6.07) is 4.78. The van der Waals surface area contributed by atoms with Crippen LogP contribution in [0.4, 0.5) is 0 Å². The first-order valence-electron chi connectivity index (χ1n) is 4.01. The molecule has 5 heteroatoms. The molecule has 1 aromatic carbocycles. The molecule has 0 aliphatic rings. The Morgan fingerprint density at radius 3 is 2.57 bits per heavy atom. The van der Waals surface area contributed by atoms with E-state index >= 15 is 0 Å². The fourth-order valence-electron chi connectivity index (χ4n) is 1.07. The SMILES string of the molecule is COc1ccc([C@H](N)CN)cc1O.Cl. The van der Waals surface area contributed by atoms with Gasteiger partial charge in [0.1, 0.15) is 0 Å². The molecule has 0 radical (unpaired) electrons. The summed E-state index contributed by atoms with van der Waals surface area (Å²) in [4.78, 5) is 0. The van der Waals surface area contributed by atoms with Gasteiger partial charge in [-0.1, -0.05) is 6.07 Å². The molecule has 0 fully saturated rings. The molecule has 0 aliphatic heterocycles. The largest absolute Gasteiger partial charge is 0.504 e. The number of halogens is 1. The summed E-state index contributed by atoms with van der Waals surface area (Å²) in [6.45, 7) is 0.353. The van der Waals surface area contributed by atoms with Crippen LogP contribution in [0.3, 0.4) is 0 Å². The molecule has 0 bridgehead atoms. The predicted molar refractivity (Wildman–Crippen MR) is 57.9 cm³/mol. The van der Waals surface area contributed by atoms with Gasteiger partial charge in [-0.3, -0.25) is 0 Å². The van der Waals surface area contributed by atoms with Gasteiger partial charge in [-0.05, 0) is 17.7 Å². The summed E-state index contributed by atoms with van der Waals surface area (Å²) < 4.78 is 4.89. The summed E-state index contributed by atoms with van der Waals surface area (Å²) in [5, 5.41) is 9.41. The third-order valence-corrected chi connectivity index (χ3v) is 1.88. The van der Waals surface area contributed by atoms with Crippen LogP contribution in [0.5, 0.6) is 11.5 Å². The van der Waals surface area contributed by atoms with Gasteiger partial charge in [0, 0.05) is 12.6 Å². The van der Waals surface area contributed by atoms with Gasteiger partial charge < -0.3 is 21.3 Å². The molecule has 0 saturated carbocycles. The Bertz CT molecular complexity index is 294. The second kappa shape index (κ2) is 5.70. The Kier molecular flexibility index (Phi) is 5.30. The van der Waals surface area contributed by atoms with Crippen molar-refractivity contribution in [2.45, 2.75) is 6.04 Å². The number of phenolic OH excluding ortho intramolecular Hbond substituents is 1. The molecule has 0 unspecified atom stereocenters. The van der Waals surface area contributed by atoms with Gasteiger partial charge in [0.25, 0.3) is 0 Å². The van der Waals surface area contributed by atoms with E-state index in [9.17, 15) is 5.11 Å². The van der Waals surface area contributed by atoms with E-state index in [1.54, 1.807) is 18.2 Å². The maximum Gasteiger partial charge on any atom is 0.160 e. The normalized spacial score (nSPS) is 11.6. The second-order valence-electron chi connectivity index (χ2n) is 2.77. The molecule has 5 N–H and O–H groups in total. The Balaban J connectivity index is 0.00000169. The number of nitrogens with two attached hydrogens (primary N) is 2. The number of aromatic hydroxyl groups is 1. The standard InChI is InChI=1S/C9H14N2O2.ClH/c1-13-9-3-2-6(4-8(9)12)7(11)5-10;/h2-4,7,12H,5,10-11H2,1H3;1H/t7-;/m1./s1. The molecule has 1 rings (SSSR count). The molecule has 0 saturated heterocycles. The number of hydrogen-bond acceptors (Lipinski definition) is 4. The molecule has 0 spiro atoms. The fraction of sp³-hybridized carbons (Fsp3) is 0.333. The number of rotatable bonds is 3. The van der Waals surface area contributed by atoms with Crippen LogP contribution in [0.1, 0.15) is 11.6 Å². The summed E-state index contributed by atoms with van der Waals surface area (Å²) in [7, 11) is 1.50. The minimum Gasteiger partial charge on any atom is -0.504 e. The van der Waals surface area contributed by atoms with Crippen molar-refractivity contribution >= 4 is 12.4 Å². The van der Waals surface area contributed by atoms with Gasteiger partial charge >= 0.3 is 0 Å². The van der Waals surface area contributed by atoms with Crippen LogP contribution < -0.4 is 16.2 Å². The van der Waals surface area contributed by atoms with Crippen LogP contribution in [-0.2, 0) is 0 Å². The maximum atomic E-state index is 9.41. The zero-order valence-corrected chi connectivity index (χ0v) is 8.75. The lowest BCUT2D eigenvalue weighted by Crippen LogP contribution is -2.20. The molecule has 1 atom stereocenters. The highest BCUT2D eigenvalue weighted by atomic mass is 35.5. The average Bonchev–Trinajstić information content (AvgIpc) is 2.16. The summed E-state index contributed by atoms with van der Waals surface area (Å²) in [6.07, 6.45) is 0. The molecule has 80 valence electrons. The number of ether oxygens (including phenoxy) is 1. The highest BCUT2D eigenvalue weighted by Crippen LogP contribution is 2.27. The average molecular weight is 219 g/mol. The van der Waals surface area contributed by atoms with Gasteiger partial charge in [0.05, 0.1) is 7.11 Å². The van der Waals surface area contributed by atoms with Crippen molar-refractivity contribution < 1.29 is 9.84 Å². The minimum absolute atomic E-state index is 0. The van der Waals surface area contributed by atoms with Gasteiger partial charge in [0.2, 0.25) is 0 Å². The molecule has 0 aliphatic carbocycles. The highest BCUT2D eigenvalue weighted by molar-refractivity contribution is 5.85. The number of phenols is 1. The summed E-state index contributed by atoms with van der Waals surface area (Å²) in [5.41, 5.74) is 11.9. The first-order chi connectivity index (χ1) is 6.19. The van der Waals surface area contributed by atoms with E-state index in [-0.39, 0.29) is 24.2 Å². The summed E-state index contributed by atoms with van der Waals surface area (Å²) >= 11 is 0. The molecule has 0 aromatic heterocycles. The first-order valence-corrected chi connectivity index (χ1v) is 4.01. The molecule has 0 amide bonds. The van der Waals surface area contributed by atoms with Crippen LogP contribution in [0, 0.1) is 0 Å². The van der Waals surface area contributed by atoms with Crippen molar-refractivity contribution in [1.82, 2.24) is 0 Å². The van der Waals surface area contributed by atoms with Crippen molar-refractivity contribution in [2.24, 2.45) is 11.5 Å². The lowest BCUT2D eigenvalue weighted by atomic mass is 10.1. The van der Waals surface area contributed by atoms with E-state index in [0.717, 1.165) is 5.56 Å². The minimum atomic E-state index is -0.239. The summed E-state index contributed by atoms with van der Waals surface area (Å²) in [5.74, 6) is 0.525. The van der Waals surface area contributed by atoms with Gasteiger partial charge in [-0.2, -0.15) is 0 Å². The lowest BCUT2D eigenvalue weighted by Gasteiger charge is -2.10. The zero-order chi connectivity index (χ0) is 9.84. The van der Waals surface area contributed by atoms with Crippen LogP contribution in [0.2, 0.25) is 0 Å². The molecule has 0 heterocycles. The Hall–Kier alpha value is -0.970. The first kappa shape index (κ1) is 13.0. The van der Waals surface area contributed by atoms with Crippen LogP contribution in [0.25, 0.3) is 0 Å². The zero-order valence-electron chi connectivity index (χ0n) is 7.93. The van der Waals surface area contributed by atoms with Gasteiger partial charge in [0.15, 0.2) is 11.5 Å². The maximum absolute atomic E-state index is 9.41. The van der Waals surface area contributed by atoms with Crippen molar-refractivity contribution in [3.8, 4) is 11.5 Å². The number of methoxy groups -OCH3 is 1. The van der Waals surface area contributed by atoms with Crippen LogP contribution in [0.15, 0.2) is 18.2 Å². The van der Waals surface area contributed by atoms with Gasteiger partial charge in [-0.15, -0.1) is 12.4 Å². The van der Waals surface area contributed by atoms with Crippen molar-refractivity contribution in [3.05, 3.63) is 23.8 Å². The monoisotopic (exact) mass is 218 g/mol. The van der Waals surface area contributed by atoms with Crippen LogP contribution >= 0.6 is 12.4 Å². The Labute approximate surface area is 89.3 Å². The third kappa shape index (κ3) is 2.77. The van der Waals surface area contributed by atoms with E-state index in [4.69, 9.17) is 16.2 Å². The lowest BCUT2D eigenvalue weighted by molar-refractivity contribution is 0.373. The van der Waals surface area contributed by atoms with Crippen LogP contribution in [-0.4, -0.2) is 18.8 Å². The number of hydrogen-bond donors (Lipinski definition) is 3. The molecule has 1 aromatic rings. The topological polar surface area (TPSA) is 81.5 Å². The van der Waals surface area contributed by atoms with E-state index < -0.39 is 0 Å². The second-order valence-corrected chi connectivity index (χ2v) is 2.77. The smallest absolute Gasteiger partial charge is 0.160 e. The highest BCUT2D eigenvalue weighted by Gasteiger charge is 2.07. The molecular weight excluding hydrogens is 204 g/mol. The van der Waals surface area contributed by atoms with Crippen molar-refractivity contribution in [2.75, 3.05) is 13.7 Å². The molecule has 4 nitrogen and oxygen atoms in total. The molecule has 14 heavy (non-hydrogen) atoms. The fourth-order valence-corrected chi connectivity index (χ4v) is 1.07. The van der Waals surface area contributed by atoms with Gasteiger partial charge in [-0.25, -0.2) is 0 Å². The predicted octanol–water partition coefficient (Wildman–Crippen LogP) is 0.781. The van der Waals surface area contributed by atoms with E-state index in [1.807, 2.05) is 0 Å². The van der Waals surface area contributed by atoms with E-state index in [0.29, 0.717) is 12.3 Å². The molecular formula is C9H15ClN2O2.